The van der Waals surface area contributed by atoms with Crippen LogP contribution in [0.5, 0.6) is 5.75 Å². The van der Waals surface area contributed by atoms with E-state index in [0.717, 1.165) is 41.2 Å². The molecule has 3 aromatic carbocycles. The number of ether oxygens (including phenoxy) is 1. The number of anilines is 4. The van der Waals surface area contributed by atoms with Gasteiger partial charge in [0.1, 0.15) is 23.9 Å². The molecule has 0 spiro atoms. The van der Waals surface area contributed by atoms with Gasteiger partial charge in [0, 0.05) is 55.2 Å². The lowest BCUT2D eigenvalue weighted by Crippen LogP contribution is -2.58. The molecule has 324 valence electrons. The number of amides is 4. The predicted octanol–water partition coefficient (Wildman–Crippen LogP) is 6.55. The Kier molecular flexibility index (Phi) is 13.1. The molecule has 3 aliphatic rings. The number of carbonyl (C=O) groups excluding carboxylic acids is 4. The van der Waals surface area contributed by atoms with E-state index in [9.17, 15) is 37.6 Å². The highest BCUT2D eigenvalue weighted by molar-refractivity contribution is 7.81. The first-order valence-corrected chi connectivity index (χ1v) is 20.7. The molecule has 0 aromatic heterocycles. The van der Waals surface area contributed by atoms with Gasteiger partial charge < -0.3 is 20.3 Å². The Balaban J connectivity index is 1.07. The van der Waals surface area contributed by atoms with Crippen molar-refractivity contribution in [3.63, 3.8) is 0 Å². The molecule has 3 saturated heterocycles. The van der Waals surface area contributed by atoms with E-state index < -0.39 is 34.8 Å². The van der Waals surface area contributed by atoms with Crippen molar-refractivity contribution in [1.29, 1.82) is 5.26 Å². The molecule has 0 saturated carbocycles. The number of alkyl halides is 3. The van der Waals surface area contributed by atoms with Crippen LogP contribution in [0.1, 0.15) is 82.6 Å². The van der Waals surface area contributed by atoms with E-state index in [2.05, 4.69) is 39.6 Å². The van der Waals surface area contributed by atoms with Gasteiger partial charge in [0.2, 0.25) is 17.7 Å². The van der Waals surface area contributed by atoms with Crippen LogP contribution in [0.4, 0.5) is 35.9 Å². The zero-order chi connectivity index (χ0) is 44.6. The van der Waals surface area contributed by atoms with Crippen LogP contribution in [0.15, 0.2) is 54.6 Å². The fourth-order valence-electron chi connectivity index (χ4n) is 8.26. The van der Waals surface area contributed by atoms with Crippen LogP contribution < -0.4 is 30.5 Å². The normalized spacial score (nSPS) is 21.1. The van der Waals surface area contributed by atoms with Crippen molar-refractivity contribution in [2.45, 2.75) is 97.1 Å². The number of nitriles is 1. The minimum Gasteiger partial charge on any atom is -0.492 e. The van der Waals surface area contributed by atoms with E-state index in [0.29, 0.717) is 42.4 Å². The lowest BCUT2D eigenvalue weighted by Gasteiger charge is -2.44. The maximum atomic E-state index is 13.9. The number of aryl methyl sites for hydroxylation is 1. The number of carbonyl (C=O) groups is 4. The third-order valence-electron chi connectivity index (χ3n) is 11.4. The molecule has 0 radical (unpaired) electrons. The van der Waals surface area contributed by atoms with Crippen LogP contribution in [0.3, 0.4) is 0 Å². The number of rotatable bonds is 12. The Morgan fingerprint density at radius 1 is 1.05 bits per heavy atom. The van der Waals surface area contributed by atoms with Gasteiger partial charge >= 0.3 is 6.18 Å². The fourth-order valence-corrected chi connectivity index (χ4v) is 8.78. The second-order valence-electron chi connectivity index (χ2n) is 16.7. The van der Waals surface area contributed by atoms with Gasteiger partial charge in [-0.2, -0.15) is 18.4 Å². The van der Waals surface area contributed by atoms with Crippen LogP contribution in [-0.4, -0.2) is 95.0 Å². The number of piperidine rings is 1. The van der Waals surface area contributed by atoms with Gasteiger partial charge in [-0.15, -0.1) is 0 Å². The van der Waals surface area contributed by atoms with Gasteiger partial charge in [-0.25, -0.2) is 0 Å². The maximum Gasteiger partial charge on any atom is 0.417 e. The molecule has 17 heteroatoms. The van der Waals surface area contributed by atoms with Crippen molar-refractivity contribution in [1.82, 2.24) is 15.1 Å². The number of hydrogen-bond acceptors (Lipinski definition) is 10. The van der Waals surface area contributed by atoms with Crippen molar-refractivity contribution in [2.24, 2.45) is 0 Å². The molecular formula is C44H51F3N8O5S. The van der Waals surface area contributed by atoms with E-state index in [1.54, 1.807) is 49.1 Å². The van der Waals surface area contributed by atoms with Crippen molar-refractivity contribution < 1.29 is 37.1 Å². The number of nitrogens with zero attached hydrogens (tertiary/aromatic N) is 5. The number of halogens is 3. The molecule has 3 atom stereocenters. The zero-order valence-corrected chi connectivity index (χ0v) is 36.1. The highest BCUT2D eigenvalue weighted by Gasteiger charge is 2.51. The summed E-state index contributed by atoms with van der Waals surface area (Å²) in [4.78, 5) is 58.1. The molecule has 61 heavy (non-hydrogen) atoms. The van der Waals surface area contributed by atoms with Crippen molar-refractivity contribution in [2.75, 3.05) is 53.2 Å². The summed E-state index contributed by atoms with van der Waals surface area (Å²) in [5.41, 5.74) is 0.502. The van der Waals surface area contributed by atoms with E-state index in [1.165, 1.54) is 6.07 Å². The number of piperazine rings is 1. The molecule has 6 rings (SSSR count). The third kappa shape index (κ3) is 9.66. The van der Waals surface area contributed by atoms with Crippen LogP contribution >= 0.6 is 12.2 Å². The molecule has 0 bridgehead atoms. The van der Waals surface area contributed by atoms with Crippen LogP contribution in [0.2, 0.25) is 0 Å². The lowest BCUT2D eigenvalue weighted by atomic mass is 9.96. The molecule has 13 nitrogen and oxygen atoms in total. The van der Waals surface area contributed by atoms with E-state index in [1.807, 2.05) is 32.9 Å². The molecule has 3 aliphatic heterocycles. The average Bonchev–Trinajstić information content (AvgIpc) is 3.35. The minimum absolute atomic E-state index is 0.00659. The average molecular weight is 861 g/mol. The summed E-state index contributed by atoms with van der Waals surface area (Å²) in [7, 11) is 0. The Labute approximate surface area is 359 Å². The summed E-state index contributed by atoms with van der Waals surface area (Å²) in [6.45, 7) is 16.1. The number of benzene rings is 3. The molecule has 3 N–H and O–H groups in total. The van der Waals surface area contributed by atoms with Crippen molar-refractivity contribution >= 4 is 63.7 Å². The smallest absolute Gasteiger partial charge is 0.417 e. The summed E-state index contributed by atoms with van der Waals surface area (Å²) in [5, 5.41) is 17.8. The first-order chi connectivity index (χ1) is 28.7. The van der Waals surface area contributed by atoms with E-state index >= 15 is 0 Å². The van der Waals surface area contributed by atoms with Crippen molar-refractivity contribution in [3.05, 3.63) is 76.9 Å². The molecular weight excluding hydrogens is 810 g/mol. The van der Waals surface area contributed by atoms with Gasteiger partial charge in [0.25, 0.3) is 5.91 Å². The van der Waals surface area contributed by atoms with Gasteiger partial charge in [-0.3, -0.25) is 39.2 Å². The minimum atomic E-state index is -4.81. The standard InChI is InChI=1S/C44H51F3N8O5S/c1-25(2)33-20-36(55-42(61)54(41(59)43(55,6)7)32-12-11-29(21-48)34(19-32)44(45,46)47)26(3)17-37(33)60-16-15-52-22-27(4)53(28(5)23-52)24-39(57)50-31-10-8-9-30(18-31)49-35-13-14-38(56)51-40(35)58/h8-12,17-20,25,27-28,35,49H,13-16,22-24H2,1-7H3,(H,50,57)(H,51,56,58)/t27-,28+,35?. The Hall–Kier alpha value is -5.57. The highest BCUT2D eigenvalue weighted by atomic mass is 32.1. The lowest BCUT2D eigenvalue weighted by molar-refractivity contribution is -0.138. The predicted molar refractivity (Wildman–Crippen MR) is 231 cm³/mol. The van der Waals surface area contributed by atoms with Crippen LogP contribution in [-0.2, 0) is 25.4 Å². The quantitative estimate of drug-likeness (QED) is 0.134. The van der Waals surface area contributed by atoms with E-state index in [-0.39, 0.29) is 59.5 Å². The zero-order valence-electron chi connectivity index (χ0n) is 35.3. The summed E-state index contributed by atoms with van der Waals surface area (Å²) in [5.74, 6) is -0.632. The second kappa shape index (κ2) is 17.8. The largest absolute Gasteiger partial charge is 0.492 e. The Bertz CT molecular complexity index is 2270. The number of nitrogens with one attached hydrogen (secondary N) is 3. The fraction of sp³-hybridized carbons (Fsp3) is 0.455. The molecule has 0 aliphatic carbocycles. The SMILES string of the molecule is Cc1cc(OCCN2C[C@@H](C)N(CC(=O)Nc3cccc(NC4CCC(=O)NC4=O)c3)[C@@H](C)C2)c(C(C)C)cc1N1C(=S)N(c2ccc(C#N)c(C(F)(F)F)c2)C(=O)C1(C)C. The first kappa shape index (κ1) is 45.0. The number of imide groups is 1. The molecule has 1 unspecified atom stereocenters. The summed E-state index contributed by atoms with van der Waals surface area (Å²) in [6.07, 6.45) is -4.15. The molecule has 4 amide bonds. The van der Waals surface area contributed by atoms with Gasteiger partial charge in [-0.1, -0.05) is 19.9 Å². The summed E-state index contributed by atoms with van der Waals surface area (Å²) in [6, 6.07) is 15.3. The third-order valence-corrected chi connectivity index (χ3v) is 11.8. The van der Waals surface area contributed by atoms with Gasteiger partial charge in [0.05, 0.1) is 29.4 Å². The first-order valence-electron chi connectivity index (χ1n) is 20.2. The Morgan fingerprint density at radius 3 is 2.38 bits per heavy atom. The second-order valence-corrected chi connectivity index (χ2v) is 17.1. The van der Waals surface area contributed by atoms with Crippen LogP contribution in [0, 0.1) is 18.3 Å². The molecule has 3 fully saturated rings. The van der Waals surface area contributed by atoms with Gasteiger partial charge in [-0.05, 0) is 119 Å². The highest BCUT2D eigenvalue weighted by Crippen LogP contribution is 2.43. The topological polar surface area (TPSA) is 150 Å². The number of thiocarbonyl (C=S) groups is 1. The maximum absolute atomic E-state index is 13.9. The Morgan fingerprint density at radius 2 is 1.74 bits per heavy atom. The van der Waals surface area contributed by atoms with Crippen LogP contribution in [0.25, 0.3) is 0 Å². The molecule has 3 aromatic rings. The van der Waals surface area contributed by atoms with Gasteiger partial charge in [0.15, 0.2) is 5.11 Å². The monoisotopic (exact) mass is 860 g/mol. The summed E-state index contributed by atoms with van der Waals surface area (Å²) >= 11 is 5.81. The number of hydrogen-bond donors (Lipinski definition) is 3. The van der Waals surface area contributed by atoms with E-state index in [4.69, 9.17) is 17.0 Å². The van der Waals surface area contributed by atoms with Crippen molar-refractivity contribution in [3.8, 4) is 11.8 Å². The molecule has 3 heterocycles. The summed E-state index contributed by atoms with van der Waals surface area (Å²) < 4.78 is 48.1.